The van der Waals surface area contributed by atoms with Gasteiger partial charge in [0.05, 0.1) is 13.7 Å². The summed E-state index contributed by atoms with van der Waals surface area (Å²) in [5.74, 6) is 0.339. The zero-order valence-corrected chi connectivity index (χ0v) is 8.23. The second kappa shape index (κ2) is 5.64. The Balaban J connectivity index is 0.00000144. The number of hydrogen-bond donors (Lipinski definition) is 1. The lowest BCUT2D eigenvalue weighted by Crippen LogP contribution is -2.36. The predicted octanol–water partition coefficient (Wildman–Crippen LogP) is 1.57. The number of carbonyl (C=O) groups is 1. The molecule has 1 heterocycles. The quantitative estimate of drug-likeness (QED) is 0.665. The van der Waals surface area contributed by atoms with Crippen molar-refractivity contribution in [1.29, 1.82) is 5.41 Å². The van der Waals surface area contributed by atoms with Crippen molar-refractivity contribution in [3.05, 3.63) is 0 Å². The number of nitrogens with one attached hydrogen (secondary N) is 1. The molecule has 6 heteroatoms. The summed E-state index contributed by atoms with van der Waals surface area (Å²) in [4.78, 5) is 15.3. The van der Waals surface area contributed by atoms with Crippen LogP contribution in [-0.2, 0) is 9.57 Å². The van der Waals surface area contributed by atoms with Crippen LogP contribution in [0.2, 0.25) is 0 Å². The maximum Gasteiger partial charge on any atom is 0.533 e. The Kier molecular flexibility index (Phi) is 5.22. The highest BCUT2D eigenvalue weighted by atomic mass is 35.5. The Hall–Kier alpha value is -0.970. The van der Waals surface area contributed by atoms with Gasteiger partial charge in [0.1, 0.15) is 5.84 Å². The highest BCUT2D eigenvalue weighted by Crippen LogP contribution is 2.11. The van der Waals surface area contributed by atoms with E-state index in [-0.39, 0.29) is 12.4 Å². The first-order valence-corrected chi connectivity index (χ1v) is 3.85. The maximum absolute atomic E-state index is 10.6. The fourth-order valence-corrected chi connectivity index (χ4v) is 1.04. The molecular formula is C7H13ClN2O3. The third-order valence-corrected chi connectivity index (χ3v) is 1.68. The van der Waals surface area contributed by atoms with Gasteiger partial charge in [-0.2, -0.15) is 5.06 Å². The molecule has 1 aliphatic rings. The van der Waals surface area contributed by atoms with Crippen LogP contribution in [0.3, 0.4) is 0 Å². The van der Waals surface area contributed by atoms with Crippen molar-refractivity contribution in [1.82, 2.24) is 5.06 Å². The second-order valence-corrected chi connectivity index (χ2v) is 2.55. The van der Waals surface area contributed by atoms with Crippen LogP contribution < -0.4 is 0 Å². The largest absolute Gasteiger partial charge is 0.533 e. The number of piperidine rings is 1. The van der Waals surface area contributed by atoms with Gasteiger partial charge in [0, 0.05) is 6.42 Å². The van der Waals surface area contributed by atoms with Gasteiger partial charge in [0.25, 0.3) is 0 Å². The molecular weight excluding hydrogens is 196 g/mol. The van der Waals surface area contributed by atoms with Crippen molar-refractivity contribution >= 4 is 24.4 Å². The number of hydroxylamine groups is 2. The van der Waals surface area contributed by atoms with Gasteiger partial charge in [-0.15, -0.1) is 12.4 Å². The van der Waals surface area contributed by atoms with Crippen LogP contribution in [0, 0.1) is 5.41 Å². The molecule has 1 saturated heterocycles. The molecule has 0 radical (unpaired) electrons. The molecule has 13 heavy (non-hydrogen) atoms. The van der Waals surface area contributed by atoms with Crippen molar-refractivity contribution in [2.24, 2.45) is 0 Å². The number of carbonyl (C=O) groups excluding carboxylic acids is 1. The highest BCUT2D eigenvalue weighted by Gasteiger charge is 2.18. The highest BCUT2D eigenvalue weighted by molar-refractivity contribution is 5.85. The molecule has 0 amide bonds. The summed E-state index contributed by atoms with van der Waals surface area (Å²) in [6.07, 6.45) is 1.83. The summed E-state index contributed by atoms with van der Waals surface area (Å²) in [6, 6.07) is 0. The van der Waals surface area contributed by atoms with Crippen molar-refractivity contribution in [3.63, 3.8) is 0 Å². The molecule has 1 N–H and O–H groups in total. The van der Waals surface area contributed by atoms with E-state index in [0.717, 1.165) is 12.8 Å². The molecule has 1 rings (SSSR count). The first-order valence-electron chi connectivity index (χ1n) is 3.85. The van der Waals surface area contributed by atoms with Gasteiger partial charge in [0.2, 0.25) is 0 Å². The summed E-state index contributed by atoms with van der Waals surface area (Å²) in [5.41, 5.74) is 0. The monoisotopic (exact) mass is 208 g/mol. The van der Waals surface area contributed by atoms with Crippen LogP contribution in [0.5, 0.6) is 0 Å². The zero-order valence-electron chi connectivity index (χ0n) is 7.41. The average molecular weight is 209 g/mol. The fourth-order valence-electron chi connectivity index (χ4n) is 1.04. The Morgan fingerprint density at radius 3 is 2.77 bits per heavy atom. The molecule has 0 aromatic carbocycles. The van der Waals surface area contributed by atoms with E-state index in [4.69, 9.17) is 10.2 Å². The number of halogens is 1. The second-order valence-electron chi connectivity index (χ2n) is 2.55. The van der Waals surface area contributed by atoms with Crippen molar-refractivity contribution in [2.45, 2.75) is 19.3 Å². The van der Waals surface area contributed by atoms with Crippen LogP contribution in [0.25, 0.3) is 0 Å². The van der Waals surface area contributed by atoms with Crippen molar-refractivity contribution in [3.8, 4) is 0 Å². The Morgan fingerprint density at radius 2 is 2.23 bits per heavy atom. The molecule has 1 fully saturated rings. The molecule has 0 atom stereocenters. The molecule has 0 saturated carbocycles. The summed E-state index contributed by atoms with van der Waals surface area (Å²) in [7, 11) is 1.25. The Bertz CT molecular complexity index is 198. The minimum Gasteiger partial charge on any atom is -0.436 e. The van der Waals surface area contributed by atoms with E-state index in [1.807, 2.05) is 0 Å². The first-order chi connectivity index (χ1) is 5.74. The van der Waals surface area contributed by atoms with Crippen LogP contribution in [0.15, 0.2) is 0 Å². The molecule has 0 aliphatic carbocycles. The average Bonchev–Trinajstić information content (AvgIpc) is 2.09. The van der Waals surface area contributed by atoms with E-state index >= 15 is 0 Å². The van der Waals surface area contributed by atoms with Gasteiger partial charge in [0.15, 0.2) is 0 Å². The van der Waals surface area contributed by atoms with Gasteiger partial charge >= 0.3 is 6.16 Å². The van der Waals surface area contributed by atoms with Gasteiger partial charge in [-0.05, 0) is 12.8 Å². The fraction of sp³-hybridized carbons (Fsp3) is 0.714. The van der Waals surface area contributed by atoms with E-state index in [9.17, 15) is 4.79 Å². The lowest BCUT2D eigenvalue weighted by molar-refractivity contribution is -0.0766. The topological polar surface area (TPSA) is 62.6 Å². The van der Waals surface area contributed by atoms with Crippen molar-refractivity contribution < 1.29 is 14.4 Å². The van der Waals surface area contributed by atoms with E-state index in [0.29, 0.717) is 18.8 Å². The number of nitrogens with zero attached hydrogens (tertiary/aromatic N) is 1. The molecule has 0 spiro atoms. The van der Waals surface area contributed by atoms with Crippen molar-refractivity contribution in [2.75, 3.05) is 13.7 Å². The standard InChI is InChI=1S/C7H12N2O3.ClH/c1-11-7(10)12-9-5-3-2-4-6(9)8;/h8H,2-5H2,1H3;1H. The zero-order chi connectivity index (χ0) is 8.97. The van der Waals surface area contributed by atoms with Crippen LogP contribution in [0.1, 0.15) is 19.3 Å². The number of amidine groups is 1. The molecule has 0 unspecified atom stereocenters. The number of ether oxygens (including phenoxy) is 1. The molecule has 1 aliphatic heterocycles. The van der Waals surface area contributed by atoms with E-state index in [2.05, 4.69) is 4.74 Å². The number of methoxy groups -OCH3 is 1. The normalized spacial score (nSPS) is 16.1. The minimum absolute atomic E-state index is 0. The van der Waals surface area contributed by atoms with E-state index in [1.54, 1.807) is 0 Å². The molecule has 0 aromatic heterocycles. The van der Waals surface area contributed by atoms with E-state index in [1.165, 1.54) is 12.2 Å². The lowest BCUT2D eigenvalue weighted by Gasteiger charge is -2.26. The first kappa shape index (κ1) is 12.0. The summed E-state index contributed by atoms with van der Waals surface area (Å²) < 4.78 is 4.30. The SMILES string of the molecule is COC(=O)ON1CCCCC1=N.Cl. The third-order valence-electron chi connectivity index (χ3n) is 1.68. The van der Waals surface area contributed by atoms with Gasteiger partial charge in [-0.3, -0.25) is 5.41 Å². The van der Waals surface area contributed by atoms with Gasteiger partial charge < -0.3 is 9.57 Å². The predicted molar refractivity (Wildman–Crippen MR) is 49.0 cm³/mol. The van der Waals surface area contributed by atoms with Gasteiger partial charge in [-0.25, -0.2) is 4.79 Å². The maximum atomic E-state index is 10.6. The number of rotatable bonds is 1. The van der Waals surface area contributed by atoms with Gasteiger partial charge in [-0.1, -0.05) is 0 Å². The third kappa shape index (κ3) is 3.50. The minimum atomic E-state index is -0.762. The molecule has 0 bridgehead atoms. The van der Waals surface area contributed by atoms with Crippen LogP contribution in [0.4, 0.5) is 4.79 Å². The van der Waals surface area contributed by atoms with Crippen LogP contribution >= 0.6 is 12.4 Å². The molecule has 0 aromatic rings. The molecule has 76 valence electrons. The summed E-state index contributed by atoms with van der Waals surface area (Å²) in [6.45, 7) is 0.591. The summed E-state index contributed by atoms with van der Waals surface area (Å²) in [5, 5.41) is 8.68. The Labute approximate surface area is 82.9 Å². The smallest absolute Gasteiger partial charge is 0.436 e. The summed E-state index contributed by atoms with van der Waals surface area (Å²) >= 11 is 0. The number of hydrogen-bond acceptors (Lipinski definition) is 4. The molecule has 5 nitrogen and oxygen atoms in total. The Morgan fingerprint density at radius 1 is 1.54 bits per heavy atom. The van der Waals surface area contributed by atoms with E-state index < -0.39 is 6.16 Å². The lowest BCUT2D eigenvalue weighted by atomic mass is 10.1. The van der Waals surface area contributed by atoms with Crippen LogP contribution in [-0.4, -0.2) is 30.7 Å².